The lowest BCUT2D eigenvalue weighted by molar-refractivity contribution is -0.884. The number of aryl methyl sites for hydroxylation is 1. The molecule has 1 aliphatic rings. The van der Waals surface area contributed by atoms with E-state index in [9.17, 15) is 23.2 Å². The third kappa shape index (κ3) is 3.98. The maximum Gasteiger partial charge on any atom is 0.264 e. The first-order valence-electron chi connectivity index (χ1n) is 11.0. The van der Waals surface area contributed by atoms with E-state index in [2.05, 4.69) is 5.10 Å². The van der Waals surface area contributed by atoms with Crippen molar-refractivity contribution in [1.82, 2.24) is 14.7 Å². The van der Waals surface area contributed by atoms with Gasteiger partial charge in [0.1, 0.15) is 0 Å². The number of benzene rings is 2. The van der Waals surface area contributed by atoms with Crippen LogP contribution in [0.3, 0.4) is 0 Å². The summed E-state index contributed by atoms with van der Waals surface area (Å²) in [6.07, 6.45) is 1.95. The SMILES string of the molecule is CC.Cn1nc2c(c1-c1cc(F)c(F)c(F)c1)CCN(C(=O)c1ccc3c(ccc[n+]3O)c1)C2. The lowest BCUT2D eigenvalue weighted by atomic mass is 9.99. The molecular weight excluding hydrogens is 445 g/mol. The molecule has 0 bridgehead atoms. The van der Waals surface area contributed by atoms with Crippen molar-refractivity contribution in [3.63, 3.8) is 0 Å². The fourth-order valence-electron chi connectivity index (χ4n) is 4.27. The Labute approximate surface area is 194 Å². The predicted octanol–water partition coefficient (Wildman–Crippen LogP) is 4.41. The van der Waals surface area contributed by atoms with Crippen molar-refractivity contribution in [3.05, 3.63) is 82.9 Å². The zero-order chi connectivity index (χ0) is 24.6. The number of amides is 1. The molecule has 0 saturated carbocycles. The van der Waals surface area contributed by atoms with Crippen LogP contribution >= 0.6 is 0 Å². The van der Waals surface area contributed by atoms with E-state index in [4.69, 9.17) is 0 Å². The van der Waals surface area contributed by atoms with Crippen molar-refractivity contribution in [1.29, 1.82) is 0 Å². The molecule has 1 amide bonds. The molecule has 4 aromatic rings. The van der Waals surface area contributed by atoms with Gasteiger partial charge in [-0.05, 0) is 36.8 Å². The highest BCUT2D eigenvalue weighted by Crippen LogP contribution is 2.32. The molecule has 0 radical (unpaired) electrons. The van der Waals surface area contributed by atoms with Crippen LogP contribution in [0.2, 0.25) is 0 Å². The Morgan fingerprint density at radius 1 is 1.09 bits per heavy atom. The summed E-state index contributed by atoms with van der Waals surface area (Å²) in [6, 6.07) is 10.4. The Hall–Kier alpha value is -3.88. The summed E-state index contributed by atoms with van der Waals surface area (Å²) in [6.45, 7) is 4.63. The number of hydrogen-bond acceptors (Lipinski definition) is 3. The summed E-state index contributed by atoms with van der Waals surface area (Å²) in [4.78, 5) is 14.8. The smallest absolute Gasteiger partial charge is 0.264 e. The molecule has 0 spiro atoms. The van der Waals surface area contributed by atoms with E-state index in [1.807, 2.05) is 13.8 Å². The minimum absolute atomic E-state index is 0.183. The topological polar surface area (TPSA) is 62.2 Å². The Balaban J connectivity index is 0.00000133. The van der Waals surface area contributed by atoms with Crippen molar-refractivity contribution >= 4 is 16.8 Å². The molecule has 176 valence electrons. The third-order valence-corrected chi connectivity index (χ3v) is 5.77. The van der Waals surface area contributed by atoms with Gasteiger partial charge >= 0.3 is 0 Å². The van der Waals surface area contributed by atoms with Crippen molar-refractivity contribution < 1.29 is 27.9 Å². The van der Waals surface area contributed by atoms with Crippen LogP contribution in [-0.2, 0) is 20.0 Å². The largest absolute Gasteiger partial charge is 0.332 e. The van der Waals surface area contributed by atoms with Gasteiger partial charge in [-0.3, -0.25) is 14.7 Å². The van der Waals surface area contributed by atoms with E-state index in [0.29, 0.717) is 35.4 Å². The zero-order valence-electron chi connectivity index (χ0n) is 19.0. The first-order chi connectivity index (χ1) is 16.3. The molecule has 1 aliphatic heterocycles. The number of hydrogen-bond donors (Lipinski definition) is 1. The second kappa shape index (κ2) is 9.17. The fourth-order valence-corrected chi connectivity index (χ4v) is 4.27. The van der Waals surface area contributed by atoms with Crippen molar-refractivity contribution in [2.24, 2.45) is 7.05 Å². The minimum Gasteiger partial charge on any atom is -0.332 e. The normalized spacial score (nSPS) is 12.8. The van der Waals surface area contributed by atoms with Gasteiger partial charge in [0.15, 0.2) is 17.5 Å². The maximum absolute atomic E-state index is 13.8. The van der Waals surface area contributed by atoms with Crippen LogP contribution in [0, 0.1) is 17.5 Å². The van der Waals surface area contributed by atoms with Gasteiger partial charge in [0.05, 0.1) is 23.3 Å². The molecule has 6 nitrogen and oxygen atoms in total. The molecule has 2 aromatic heterocycles. The molecule has 34 heavy (non-hydrogen) atoms. The van der Waals surface area contributed by atoms with Gasteiger partial charge in [-0.1, -0.05) is 13.8 Å². The monoisotopic (exact) mass is 469 g/mol. The average Bonchev–Trinajstić information content (AvgIpc) is 3.17. The summed E-state index contributed by atoms with van der Waals surface area (Å²) >= 11 is 0. The van der Waals surface area contributed by atoms with Crippen LogP contribution in [0.1, 0.15) is 35.5 Å². The van der Waals surface area contributed by atoms with Gasteiger partial charge in [-0.15, -0.1) is 0 Å². The highest BCUT2D eigenvalue weighted by atomic mass is 19.2. The lowest BCUT2D eigenvalue weighted by Gasteiger charge is -2.26. The van der Waals surface area contributed by atoms with Gasteiger partial charge in [0.2, 0.25) is 6.20 Å². The maximum atomic E-state index is 13.8. The second-order valence-corrected chi connectivity index (χ2v) is 7.75. The van der Waals surface area contributed by atoms with Crippen LogP contribution in [-0.4, -0.2) is 32.3 Å². The Morgan fingerprint density at radius 2 is 1.79 bits per heavy atom. The van der Waals surface area contributed by atoms with E-state index >= 15 is 0 Å². The standard InChI is InChI=1S/C23H18F3N4O2.C2H6/c1-28-22(15-10-17(24)21(26)18(25)11-15)16-6-8-29(12-19(16)27-28)23(31)14-4-5-20-13(9-14)3-2-7-30(20)32;1-2/h2-5,7,9-11,32H,6,8,12H2,1H3;1-2H3/q+1;. The Kier molecular flexibility index (Phi) is 6.28. The molecule has 0 atom stereocenters. The summed E-state index contributed by atoms with van der Waals surface area (Å²) in [5.74, 6) is -4.22. The quantitative estimate of drug-likeness (QED) is 0.269. The molecule has 5 rings (SSSR count). The molecule has 9 heteroatoms. The average molecular weight is 469 g/mol. The van der Waals surface area contributed by atoms with E-state index in [-0.39, 0.29) is 18.0 Å². The molecule has 0 unspecified atom stereocenters. The van der Waals surface area contributed by atoms with E-state index < -0.39 is 17.5 Å². The summed E-state index contributed by atoms with van der Waals surface area (Å²) < 4.78 is 43.4. The van der Waals surface area contributed by atoms with Crippen LogP contribution < -0.4 is 4.73 Å². The predicted molar refractivity (Wildman–Crippen MR) is 120 cm³/mol. The number of aromatic nitrogens is 3. The zero-order valence-corrected chi connectivity index (χ0v) is 19.0. The highest BCUT2D eigenvalue weighted by molar-refractivity contribution is 5.97. The summed E-state index contributed by atoms with van der Waals surface area (Å²) in [7, 11) is 1.65. The van der Waals surface area contributed by atoms with Gasteiger partial charge in [-0.2, -0.15) is 5.10 Å². The molecule has 2 aromatic carbocycles. The number of pyridine rings is 1. The van der Waals surface area contributed by atoms with Crippen LogP contribution in [0.25, 0.3) is 22.2 Å². The van der Waals surface area contributed by atoms with Crippen molar-refractivity contribution in [2.75, 3.05) is 6.54 Å². The van der Waals surface area contributed by atoms with Crippen molar-refractivity contribution in [3.8, 4) is 11.3 Å². The summed E-state index contributed by atoms with van der Waals surface area (Å²) in [5, 5.41) is 15.0. The number of nitrogens with zero attached hydrogens (tertiary/aromatic N) is 4. The lowest BCUT2D eigenvalue weighted by Crippen LogP contribution is -2.36. The van der Waals surface area contributed by atoms with E-state index in [1.54, 1.807) is 42.3 Å². The van der Waals surface area contributed by atoms with Crippen molar-refractivity contribution in [2.45, 2.75) is 26.8 Å². The minimum atomic E-state index is -1.51. The van der Waals surface area contributed by atoms with Gasteiger partial charge in [0.25, 0.3) is 11.4 Å². The summed E-state index contributed by atoms with van der Waals surface area (Å²) in [5.41, 5.74) is 3.17. The molecule has 0 aliphatic carbocycles. The van der Waals surface area contributed by atoms with Crippen LogP contribution in [0.15, 0.2) is 48.7 Å². The molecular formula is C25H24F3N4O2+. The van der Waals surface area contributed by atoms with Gasteiger partial charge in [-0.25, -0.2) is 13.2 Å². The highest BCUT2D eigenvalue weighted by Gasteiger charge is 2.28. The molecule has 1 N–H and O–H groups in total. The number of rotatable bonds is 2. The third-order valence-electron chi connectivity index (χ3n) is 5.77. The van der Waals surface area contributed by atoms with Crippen LogP contribution in [0.4, 0.5) is 13.2 Å². The first kappa shape index (κ1) is 23.3. The second-order valence-electron chi connectivity index (χ2n) is 7.75. The van der Waals surface area contributed by atoms with Crippen LogP contribution in [0.5, 0.6) is 0 Å². The number of fused-ring (bicyclic) bond motifs is 2. The molecule has 3 heterocycles. The van der Waals surface area contributed by atoms with Gasteiger partial charge in [0, 0.05) is 47.1 Å². The fraction of sp³-hybridized carbons (Fsp3) is 0.240. The van der Waals surface area contributed by atoms with E-state index in [0.717, 1.165) is 27.8 Å². The number of halogens is 3. The van der Waals surface area contributed by atoms with E-state index in [1.165, 1.54) is 10.9 Å². The number of carbonyl (C=O) groups excluding carboxylic acids is 1. The number of carbonyl (C=O) groups is 1. The first-order valence-corrected chi connectivity index (χ1v) is 11.0. The molecule has 0 fully saturated rings. The van der Waals surface area contributed by atoms with Gasteiger partial charge < -0.3 is 4.90 Å². The molecule has 0 saturated heterocycles. The Morgan fingerprint density at radius 3 is 2.50 bits per heavy atom. The Bertz CT molecular complexity index is 1380.